The first-order chi connectivity index (χ1) is 12.9. The van der Waals surface area contributed by atoms with Crippen LogP contribution in [-0.4, -0.2) is 28.9 Å². The molecule has 27 heavy (non-hydrogen) atoms. The Morgan fingerprint density at radius 2 is 2.11 bits per heavy atom. The Morgan fingerprint density at radius 1 is 1.30 bits per heavy atom. The van der Waals surface area contributed by atoms with E-state index in [1.54, 1.807) is 0 Å². The van der Waals surface area contributed by atoms with Crippen molar-refractivity contribution in [3.8, 4) is 0 Å². The summed E-state index contributed by atoms with van der Waals surface area (Å²) in [5.41, 5.74) is 3.64. The second-order valence-corrected chi connectivity index (χ2v) is 7.23. The van der Waals surface area contributed by atoms with E-state index in [1.807, 2.05) is 43.3 Å². The van der Waals surface area contributed by atoms with E-state index in [4.69, 9.17) is 32.7 Å². The lowest BCUT2D eigenvalue weighted by atomic mass is 9.99. The third-order valence-corrected chi connectivity index (χ3v) is 5.02. The van der Waals surface area contributed by atoms with Gasteiger partial charge in [0.2, 0.25) is 0 Å². The average Bonchev–Trinajstić information content (AvgIpc) is 2.65. The van der Waals surface area contributed by atoms with E-state index >= 15 is 0 Å². The highest BCUT2D eigenvalue weighted by Gasteiger charge is 2.21. The van der Waals surface area contributed by atoms with Gasteiger partial charge < -0.3 is 9.47 Å². The number of hydrogen-bond donors (Lipinski definition) is 0. The van der Waals surface area contributed by atoms with Crippen molar-refractivity contribution in [3.05, 3.63) is 69.0 Å². The fourth-order valence-corrected chi connectivity index (χ4v) is 3.19. The van der Waals surface area contributed by atoms with Crippen molar-refractivity contribution in [2.75, 3.05) is 6.61 Å². The van der Waals surface area contributed by atoms with Gasteiger partial charge in [-0.2, -0.15) is 5.10 Å². The first-order valence-electron chi connectivity index (χ1n) is 8.65. The molecule has 1 aromatic carbocycles. The van der Waals surface area contributed by atoms with Gasteiger partial charge in [0, 0.05) is 18.4 Å². The molecule has 2 atom stereocenters. The Bertz CT molecular complexity index is 870. The third kappa shape index (κ3) is 5.28. The zero-order chi connectivity index (χ0) is 19.4. The quantitative estimate of drug-likeness (QED) is 0.534. The van der Waals surface area contributed by atoms with Crippen LogP contribution < -0.4 is 0 Å². The van der Waals surface area contributed by atoms with Crippen LogP contribution in [0.25, 0.3) is 0 Å². The van der Waals surface area contributed by atoms with Gasteiger partial charge in [0.05, 0.1) is 11.8 Å². The Balaban J connectivity index is 1.75. The second kappa shape index (κ2) is 8.83. The molecule has 0 fully saturated rings. The molecule has 3 rings (SSSR count). The Labute approximate surface area is 168 Å². The Morgan fingerprint density at radius 3 is 2.85 bits per heavy atom. The molecular weight excluding hydrogens is 387 g/mol. The number of halogens is 2. The summed E-state index contributed by atoms with van der Waals surface area (Å²) < 4.78 is 11.1. The number of ether oxygens (including phenoxy) is 2. The van der Waals surface area contributed by atoms with E-state index in [-0.39, 0.29) is 24.8 Å². The molecule has 5 nitrogen and oxygen atoms in total. The molecule has 0 N–H and O–H groups in total. The maximum atomic E-state index is 11.0. The maximum Gasteiger partial charge on any atom is 0.302 e. The highest BCUT2D eigenvalue weighted by atomic mass is 35.5. The summed E-state index contributed by atoms with van der Waals surface area (Å²) in [7, 11) is 0. The summed E-state index contributed by atoms with van der Waals surface area (Å²) in [5, 5.41) is 9.16. The zero-order valence-corrected chi connectivity index (χ0v) is 16.6. The van der Waals surface area contributed by atoms with Crippen molar-refractivity contribution in [2.45, 2.75) is 38.9 Å². The second-order valence-electron chi connectivity index (χ2n) is 6.47. The molecule has 0 radical (unpaired) electrons. The number of hydrogen-bond acceptors (Lipinski definition) is 5. The molecule has 1 aromatic heterocycles. The molecule has 1 aliphatic heterocycles. The molecule has 0 bridgehead atoms. The number of carbonyl (C=O) groups is 1. The fraction of sp³-hybridized carbons (Fsp3) is 0.350. The Kier molecular flexibility index (Phi) is 6.47. The van der Waals surface area contributed by atoms with Gasteiger partial charge >= 0.3 is 5.97 Å². The predicted octanol–water partition coefficient (Wildman–Crippen LogP) is 4.63. The topological polar surface area (TPSA) is 61.3 Å². The van der Waals surface area contributed by atoms with Crippen LogP contribution in [0.3, 0.4) is 0 Å². The molecular formula is C20H20Cl2N2O3. The van der Waals surface area contributed by atoms with Crippen LogP contribution in [0.1, 0.15) is 41.8 Å². The summed E-state index contributed by atoms with van der Waals surface area (Å²) in [6.45, 7) is 3.49. The Hall–Kier alpha value is -1.95. The summed E-state index contributed by atoms with van der Waals surface area (Å²) in [6.07, 6.45) is 4.89. The average molecular weight is 407 g/mol. The standard InChI is InChI=1S/C20H20Cl2N2O3/c1-12-8-16(23-24-20(12)22)10-15-9-14(6-7-18(15)21)19-5-3-4-17(27-19)11-26-13(2)25/h3-4,6-9,17,19H,5,10-11H2,1-2H3/t17-,19+/m1/s1. The number of carbonyl (C=O) groups excluding carboxylic acids is 1. The van der Waals surface area contributed by atoms with E-state index in [1.165, 1.54) is 6.92 Å². The maximum absolute atomic E-state index is 11.0. The number of aryl methyl sites for hydroxylation is 1. The molecule has 7 heteroatoms. The smallest absolute Gasteiger partial charge is 0.302 e. The van der Waals surface area contributed by atoms with Crippen molar-refractivity contribution in [3.63, 3.8) is 0 Å². The zero-order valence-electron chi connectivity index (χ0n) is 15.1. The number of rotatable bonds is 5. The van der Waals surface area contributed by atoms with E-state index in [0.717, 1.165) is 28.8 Å². The molecule has 0 unspecified atom stereocenters. The largest absolute Gasteiger partial charge is 0.463 e. The number of aromatic nitrogens is 2. The highest BCUT2D eigenvalue weighted by Crippen LogP contribution is 2.31. The lowest BCUT2D eigenvalue weighted by molar-refractivity contribution is -0.145. The van der Waals surface area contributed by atoms with Gasteiger partial charge in [0.25, 0.3) is 0 Å². The molecule has 0 saturated heterocycles. The first-order valence-corrected chi connectivity index (χ1v) is 9.40. The fourth-order valence-electron chi connectivity index (χ4n) is 2.91. The third-order valence-electron chi connectivity index (χ3n) is 4.28. The van der Waals surface area contributed by atoms with Crippen molar-refractivity contribution in [1.29, 1.82) is 0 Å². The van der Waals surface area contributed by atoms with Crippen LogP contribution >= 0.6 is 23.2 Å². The van der Waals surface area contributed by atoms with E-state index in [9.17, 15) is 4.79 Å². The number of nitrogens with zero attached hydrogens (tertiary/aromatic N) is 2. The van der Waals surface area contributed by atoms with Crippen LogP contribution in [0.5, 0.6) is 0 Å². The van der Waals surface area contributed by atoms with Crippen LogP contribution in [-0.2, 0) is 20.7 Å². The van der Waals surface area contributed by atoms with Gasteiger partial charge in [0.1, 0.15) is 12.7 Å². The molecule has 2 aromatic rings. The minimum atomic E-state index is -0.317. The van der Waals surface area contributed by atoms with Gasteiger partial charge in [-0.15, -0.1) is 5.10 Å². The van der Waals surface area contributed by atoms with Crippen LogP contribution in [0.2, 0.25) is 10.2 Å². The van der Waals surface area contributed by atoms with Crippen LogP contribution in [0.15, 0.2) is 36.4 Å². The number of benzene rings is 1. The lowest BCUT2D eigenvalue weighted by Crippen LogP contribution is -2.24. The molecule has 1 aliphatic rings. The molecule has 0 amide bonds. The summed E-state index contributed by atoms with van der Waals surface area (Å²) >= 11 is 12.3. The summed E-state index contributed by atoms with van der Waals surface area (Å²) in [4.78, 5) is 11.0. The van der Waals surface area contributed by atoms with Crippen molar-refractivity contribution >= 4 is 29.2 Å². The van der Waals surface area contributed by atoms with Crippen LogP contribution in [0, 0.1) is 6.92 Å². The van der Waals surface area contributed by atoms with Crippen molar-refractivity contribution < 1.29 is 14.3 Å². The predicted molar refractivity (Wildman–Crippen MR) is 104 cm³/mol. The molecule has 142 valence electrons. The van der Waals surface area contributed by atoms with Gasteiger partial charge in [-0.1, -0.05) is 47.5 Å². The lowest BCUT2D eigenvalue weighted by Gasteiger charge is -2.26. The monoisotopic (exact) mass is 406 g/mol. The van der Waals surface area contributed by atoms with Crippen molar-refractivity contribution in [1.82, 2.24) is 10.2 Å². The molecule has 0 spiro atoms. The minimum absolute atomic E-state index is 0.121. The molecule has 2 heterocycles. The van der Waals surface area contributed by atoms with Gasteiger partial charge in [-0.3, -0.25) is 4.79 Å². The molecule has 0 saturated carbocycles. The van der Waals surface area contributed by atoms with E-state index in [2.05, 4.69) is 10.2 Å². The van der Waals surface area contributed by atoms with Gasteiger partial charge in [-0.05, 0) is 42.2 Å². The summed E-state index contributed by atoms with van der Waals surface area (Å²) in [5.74, 6) is -0.317. The summed E-state index contributed by atoms with van der Waals surface area (Å²) in [6, 6.07) is 7.76. The van der Waals surface area contributed by atoms with Crippen molar-refractivity contribution in [2.24, 2.45) is 0 Å². The first kappa shape index (κ1) is 19.8. The van der Waals surface area contributed by atoms with Gasteiger partial charge in [0.15, 0.2) is 5.15 Å². The number of esters is 1. The van der Waals surface area contributed by atoms with Gasteiger partial charge in [-0.25, -0.2) is 0 Å². The SMILES string of the molecule is CC(=O)OC[C@H]1C=CC[C@@H](c2ccc(Cl)c(Cc3cc(C)c(Cl)nn3)c2)O1. The van der Waals surface area contributed by atoms with Crippen LogP contribution in [0.4, 0.5) is 0 Å². The normalized spacial score (nSPS) is 19.1. The van der Waals surface area contributed by atoms with E-state index < -0.39 is 0 Å². The van der Waals surface area contributed by atoms with E-state index in [0.29, 0.717) is 16.6 Å². The molecule has 0 aliphatic carbocycles. The minimum Gasteiger partial charge on any atom is -0.463 e. The highest BCUT2D eigenvalue weighted by molar-refractivity contribution is 6.31.